The maximum atomic E-state index is 12.0. The topological polar surface area (TPSA) is 50.4 Å². The smallest absolute Gasteiger partial charge is 0.407 e. The van der Waals surface area contributed by atoms with Crippen LogP contribution >= 0.6 is 11.6 Å². The number of amides is 1. The van der Waals surface area contributed by atoms with Crippen molar-refractivity contribution < 1.29 is 9.53 Å². The van der Waals surface area contributed by atoms with E-state index in [2.05, 4.69) is 17.6 Å². The summed E-state index contributed by atoms with van der Waals surface area (Å²) in [7, 11) is 0. The fourth-order valence-electron chi connectivity index (χ4n) is 2.47. The molecule has 1 saturated carbocycles. The van der Waals surface area contributed by atoms with Crippen molar-refractivity contribution in [2.24, 2.45) is 5.92 Å². The van der Waals surface area contributed by atoms with Gasteiger partial charge in [0.25, 0.3) is 0 Å². The summed E-state index contributed by atoms with van der Waals surface area (Å²) in [5, 5.41) is 7.24. The predicted molar refractivity (Wildman–Crippen MR) is 93.8 cm³/mol. The number of halogens is 1. The average molecular weight is 339 g/mol. The maximum absolute atomic E-state index is 12.0. The van der Waals surface area contributed by atoms with E-state index in [4.69, 9.17) is 16.3 Å². The van der Waals surface area contributed by atoms with Gasteiger partial charge in [-0.1, -0.05) is 23.7 Å². The first-order chi connectivity index (χ1) is 10.7. The molecule has 0 spiro atoms. The molecule has 0 aliphatic heterocycles. The Kier molecular flexibility index (Phi) is 5.93. The monoisotopic (exact) mass is 338 g/mol. The molecular weight excluding hydrogens is 312 g/mol. The number of benzene rings is 1. The highest BCUT2D eigenvalue weighted by Gasteiger charge is 2.33. The van der Waals surface area contributed by atoms with Crippen LogP contribution in [0.3, 0.4) is 0 Å². The molecule has 1 amide bonds. The number of alkyl carbamates (subject to hydrolysis) is 1. The van der Waals surface area contributed by atoms with Gasteiger partial charge in [-0.2, -0.15) is 0 Å². The van der Waals surface area contributed by atoms with Gasteiger partial charge in [0.05, 0.1) is 0 Å². The van der Waals surface area contributed by atoms with Crippen LogP contribution in [0.1, 0.15) is 52.1 Å². The number of hydrogen-bond acceptors (Lipinski definition) is 3. The summed E-state index contributed by atoms with van der Waals surface area (Å²) in [6, 6.07) is 8.15. The standard InChI is InChI=1S/C18H27ClN2O2/c1-12(13-7-9-15(19)10-8-13)20-11-16(14-5-6-14)21-17(22)23-18(2,3)4/h7-10,12,14,16,20H,5-6,11H2,1-4H3,(H,21,22). The third-order valence-electron chi connectivity index (χ3n) is 3.91. The molecule has 1 aliphatic carbocycles. The van der Waals surface area contributed by atoms with Crippen LogP contribution in [0.25, 0.3) is 0 Å². The van der Waals surface area contributed by atoms with Gasteiger partial charge in [0.2, 0.25) is 0 Å². The van der Waals surface area contributed by atoms with E-state index in [1.165, 1.54) is 5.56 Å². The molecular formula is C18H27ClN2O2. The van der Waals surface area contributed by atoms with Gasteiger partial charge in [0.15, 0.2) is 0 Å². The molecule has 0 heterocycles. The molecule has 1 aromatic rings. The van der Waals surface area contributed by atoms with Crippen LogP contribution in [0.4, 0.5) is 4.79 Å². The van der Waals surface area contributed by atoms with Crippen molar-refractivity contribution in [1.29, 1.82) is 0 Å². The van der Waals surface area contributed by atoms with Crippen molar-refractivity contribution in [3.8, 4) is 0 Å². The van der Waals surface area contributed by atoms with E-state index >= 15 is 0 Å². The Hall–Kier alpha value is -1.26. The van der Waals surface area contributed by atoms with Gasteiger partial charge in [-0.3, -0.25) is 0 Å². The van der Waals surface area contributed by atoms with E-state index < -0.39 is 5.60 Å². The van der Waals surface area contributed by atoms with E-state index in [0.29, 0.717) is 5.92 Å². The SMILES string of the molecule is CC(NCC(NC(=O)OC(C)(C)C)C1CC1)c1ccc(Cl)cc1. The fraction of sp³-hybridized carbons (Fsp3) is 0.611. The highest BCUT2D eigenvalue weighted by Crippen LogP contribution is 2.32. The van der Waals surface area contributed by atoms with Crippen molar-refractivity contribution in [1.82, 2.24) is 10.6 Å². The van der Waals surface area contributed by atoms with Gasteiger partial charge in [0, 0.05) is 23.7 Å². The Morgan fingerprint density at radius 2 is 1.91 bits per heavy atom. The minimum absolute atomic E-state index is 0.111. The van der Waals surface area contributed by atoms with E-state index in [1.807, 2.05) is 45.0 Å². The van der Waals surface area contributed by atoms with Crippen molar-refractivity contribution in [3.05, 3.63) is 34.9 Å². The average Bonchev–Trinajstić information content (AvgIpc) is 3.26. The molecule has 0 bridgehead atoms. The van der Waals surface area contributed by atoms with Crippen LogP contribution in [0.2, 0.25) is 5.02 Å². The molecule has 2 unspecified atom stereocenters. The first-order valence-corrected chi connectivity index (χ1v) is 8.61. The normalized spacial score (nSPS) is 17.4. The number of rotatable bonds is 6. The van der Waals surface area contributed by atoms with Gasteiger partial charge in [-0.05, 0) is 64.2 Å². The van der Waals surface area contributed by atoms with Crippen LogP contribution in [0.5, 0.6) is 0 Å². The zero-order valence-electron chi connectivity index (χ0n) is 14.4. The van der Waals surface area contributed by atoms with Crippen LogP contribution in [-0.2, 0) is 4.74 Å². The molecule has 2 atom stereocenters. The van der Waals surface area contributed by atoms with Gasteiger partial charge in [-0.25, -0.2) is 4.79 Å². The molecule has 0 saturated heterocycles. The Labute approximate surface area is 143 Å². The second kappa shape index (κ2) is 7.54. The summed E-state index contributed by atoms with van der Waals surface area (Å²) in [5.41, 5.74) is 0.712. The Bertz CT molecular complexity index is 521. The predicted octanol–water partition coefficient (Wildman–Crippen LogP) is 4.29. The van der Waals surface area contributed by atoms with E-state index in [9.17, 15) is 4.79 Å². The molecule has 0 radical (unpaired) electrons. The van der Waals surface area contributed by atoms with Crippen molar-refractivity contribution >= 4 is 17.7 Å². The van der Waals surface area contributed by atoms with Crippen LogP contribution < -0.4 is 10.6 Å². The Morgan fingerprint density at radius 1 is 1.30 bits per heavy atom. The lowest BCUT2D eigenvalue weighted by Gasteiger charge is -2.25. The molecule has 4 nitrogen and oxygen atoms in total. The molecule has 0 aromatic heterocycles. The summed E-state index contributed by atoms with van der Waals surface area (Å²) >= 11 is 5.92. The quantitative estimate of drug-likeness (QED) is 0.813. The fourth-order valence-corrected chi connectivity index (χ4v) is 2.59. The summed E-state index contributed by atoms with van der Waals surface area (Å²) in [4.78, 5) is 12.0. The Morgan fingerprint density at radius 3 is 2.43 bits per heavy atom. The molecule has 1 fully saturated rings. The van der Waals surface area contributed by atoms with Gasteiger partial charge in [0.1, 0.15) is 5.60 Å². The van der Waals surface area contributed by atoms with E-state index in [-0.39, 0.29) is 18.2 Å². The molecule has 1 aromatic carbocycles. The van der Waals surface area contributed by atoms with Crippen molar-refractivity contribution in [2.75, 3.05) is 6.54 Å². The maximum Gasteiger partial charge on any atom is 0.407 e. The second-order valence-corrected chi connectivity index (χ2v) is 7.71. The third kappa shape index (κ3) is 6.40. The third-order valence-corrected chi connectivity index (χ3v) is 4.16. The first-order valence-electron chi connectivity index (χ1n) is 8.23. The minimum Gasteiger partial charge on any atom is -0.444 e. The lowest BCUT2D eigenvalue weighted by atomic mass is 10.1. The zero-order chi connectivity index (χ0) is 17.0. The van der Waals surface area contributed by atoms with Crippen LogP contribution in [0, 0.1) is 5.92 Å². The molecule has 5 heteroatoms. The Balaban J connectivity index is 1.85. The van der Waals surface area contributed by atoms with E-state index in [1.54, 1.807) is 0 Å². The lowest BCUT2D eigenvalue weighted by molar-refractivity contribution is 0.0497. The largest absolute Gasteiger partial charge is 0.444 e. The highest BCUT2D eigenvalue weighted by molar-refractivity contribution is 6.30. The number of hydrogen-bond donors (Lipinski definition) is 2. The van der Waals surface area contributed by atoms with Crippen molar-refractivity contribution in [3.63, 3.8) is 0 Å². The molecule has 1 aliphatic rings. The highest BCUT2D eigenvalue weighted by atomic mass is 35.5. The zero-order valence-corrected chi connectivity index (χ0v) is 15.1. The molecule has 2 N–H and O–H groups in total. The second-order valence-electron chi connectivity index (χ2n) is 7.27. The molecule has 23 heavy (non-hydrogen) atoms. The number of carbonyl (C=O) groups is 1. The lowest BCUT2D eigenvalue weighted by Crippen LogP contribution is -2.46. The summed E-state index contributed by atoms with van der Waals surface area (Å²) in [6.45, 7) is 8.47. The minimum atomic E-state index is -0.470. The van der Waals surface area contributed by atoms with Gasteiger partial charge >= 0.3 is 6.09 Å². The van der Waals surface area contributed by atoms with Crippen molar-refractivity contribution in [2.45, 2.75) is 58.2 Å². The molecule has 128 valence electrons. The molecule has 2 rings (SSSR count). The number of ether oxygens (including phenoxy) is 1. The first kappa shape index (κ1) is 18.1. The van der Waals surface area contributed by atoms with Gasteiger partial charge in [-0.15, -0.1) is 0 Å². The number of carbonyl (C=O) groups excluding carboxylic acids is 1. The number of nitrogens with one attached hydrogen (secondary N) is 2. The van der Waals surface area contributed by atoms with Gasteiger partial charge < -0.3 is 15.4 Å². The summed E-state index contributed by atoms with van der Waals surface area (Å²) < 4.78 is 5.36. The van der Waals surface area contributed by atoms with E-state index in [0.717, 1.165) is 24.4 Å². The van der Waals surface area contributed by atoms with Crippen LogP contribution in [-0.4, -0.2) is 24.3 Å². The summed E-state index contributed by atoms with van der Waals surface area (Å²) in [5.74, 6) is 0.549. The van der Waals surface area contributed by atoms with Crippen LogP contribution in [0.15, 0.2) is 24.3 Å². The summed E-state index contributed by atoms with van der Waals surface area (Å²) in [6.07, 6.45) is 1.99.